The van der Waals surface area contributed by atoms with E-state index in [1.807, 2.05) is 0 Å². The lowest BCUT2D eigenvalue weighted by Gasteiger charge is -2.10. The molecule has 1 N–H and O–H groups in total. The first kappa shape index (κ1) is 18.4. The first-order valence-electron chi connectivity index (χ1n) is 7.88. The summed E-state index contributed by atoms with van der Waals surface area (Å²) in [6.45, 7) is 1.80. The highest BCUT2D eigenvalue weighted by molar-refractivity contribution is 6.04. The van der Waals surface area contributed by atoms with Crippen LogP contribution in [0.2, 0.25) is 0 Å². The lowest BCUT2D eigenvalue weighted by molar-refractivity contribution is -0.137. The zero-order valence-electron chi connectivity index (χ0n) is 14.1. The molecule has 0 aliphatic heterocycles. The number of nitrogens with one attached hydrogen (secondary N) is 1. The summed E-state index contributed by atoms with van der Waals surface area (Å²) < 4.78 is 43.8. The molecule has 0 unspecified atom stereocenters. The summed E-state index contributed by atoms with van der Waals surface area (Å²) in [5.41, 5.74) is 0.216. The van der Waals surface area contributed by atoms with Gasteiger partial charge in [0.15, 0.2) is 0 Å². The summed E-state index contributed by atoms with van der Waals surface area (Å²) in [6.07, 6.45) is -4.51. The van der Waals surface area contributed by atoms with Crippen molar-refractivity contribution in [2.24, 2.45) is 0 Å². The molecule has 0 atom stereocenters. The van der Waals surface area contributed by atoms with E-state index in [9.17, 15) is 18.0 Å². The van der Waals surface area contributed by atoms with Crippen molar-refractivity contribution in [2.75, 3.05) is 5.32 Å². The number of carbonyl (C=O) groups excluding carboxylic acids is 1. The number of benzene rings is 2. The molecule has 3 rings (SSSR count). The van der Waals surface area contributed by atoms with Crippen LogP contribution < -0.4 is 10.1 Å². The first-order chi connectivity index (χ1) is 12.8. The molecule has 0 saturated carbocycles. The number of ether oxygens (including phenoxy) is 1. The largest absolute Gasteiger partial charge is 0.438 e. The molecule has 1 amide bonds. The Morgan fingerprint density at radius 1 is 1.00 bits per heavy atom. The van der Waals surface area contributed by atoms with E-state index >= 15 is 0 Å². The van der Waals surface area contributed by atoms with Crippen LogP contribution in [0.5, 0.6) is 11.6 Å². The predicted molar refractivity (Wildman–Crippen MR) is 92.7 cm³/mol. The number of nitrogens with zero attached hydrogens (tertiary/aromatic N) is 2. The number of halogens is 3. The molecule has 0 aliphatic carbocycles. The number of carbonyl (C=O) groups is 1. The minimum Gasteiger partial charge on any atom is -0.438 e. The molecule has 1 heterocycles. The molecule has 0 spiro atoms. The fraction of sp³-hybridized carbons (Fsp3) is 0.105. The van der Waals surface area contributed by atoms with Crippen molar-refractivity contribution in [3.05, 3.63) is 77.5 Å². The van der Waals surface area contributed by atoms with Crippen LogP contribution in [-0.4, -0.2) is 16.1 Å². The summed E-state index contributed by atoms with van der Waals surface area (Å²) in [5, 5.41) is 10.3. The monoisotopic (exact) mass is 373 g/mol. The number of aromatic nitrogens is 2. The average molecular weight is 373 g/mol. The third-order valence-corrected chi connectivity index (χ3v) is 3.56. The summed E-state index contributed by atoms with van der Waals surface area (Å²) in [5.74, 6) is 0.158. The molecule has 27 heavy (non-hydrogen) atoms. The number of aryl methyl sites for hydroxylation is 1. The van der Waals surface area contributed by atoms with Crippen molar-refractivity contribution in [2.45, 2.75) is 13.1 Å². The van der Waals surface area contributed by atoms with Crippen LogP contribution in [0.25, 0.3) is 0 Å². The van der Waals surface area contributed by atoms with Gasteiger partial charge in [-0.05, 0) is 55.5 Å². The van der Waals surface area contributed by atoms with Crippen LogP contribution in [0, 0.1) is 6.92 Å². The van der Waals surface area contributed by atoms with E-state index in [1.54, 1.807) is 43.3 Å². The quantitative estimate of drug-likeness (QED) is 0.710. The van der Waals surface area contributed by atoms with E-state index < -0.39 is 17.6 Å². The highest BCUT2D eigenvalue weighted by atomic mass is 19.4. The lowest BCUT2D eigenvalue weighted by atomic mass is 10.1. The highest BCUT2D eigenvalue weighted by Gasteiger charge is 2.30. The molecule has 0 fully saturated rings. The van der Waals surface area contributed by atoms with Gasteiger partial charge in [-0.1, -0.05) is 6.07 Å². The van der Waals surface area contributed by atoms with Crippen molar-refractivity contribution in [1.82, 2.24) is 10.2 Å². The van der Waals surface area contributed by atoms with Crippen molar-refractivity contribution in [3.63, 3.8) is 0 Å². The van der Waals surface area contributed by atoms with Gasteiger partial charge in [0.05, 0.1) is 11.3 Å². The fourth-order valence-corrected chi connectivity index (χ4v) is 2.21. The number of anilines is 1. The molecule has 0 radical (unpaired) electrons. The smallest absolute Gasteiger partial charge is 0.416 e. The Morgan fingerprint density at radius 2 is 1.74 bits per heavy atom. The Hall–Kier alpha value is -3.42. The molecule has 1 aromatic heterocycles. The highest BCUT2D eigenvalue weighted by Crippen LogP contribution is 2.29. The van der Waals surface area contributed by atoms with E-state index in [2.05, 4.69) is 15.5 Å². The molecule has 3 aromatic rings. The molecule has 0 saturated heterocycles. The lowest BCUT2D eigenvalue weighted by Crippen LogP contribution is -2.13. The van der Waals surface area contributed by atoms with Gasteiger partial charge in [0.2, 0.25) is 5.88 Å². The molecule has 0 aliphatic rings. The molecule has 5 nitrogen and oxygen atoms in total. The van der Waals surface area contributed by atoms with E-state index in [0.717, 1.165) is 17.8 Å². The van der Waals surface area contributed by atoms with Gasteiger partial charge in [0, 0.05) is 17.3 Å². The Balaban J connectivity index is 1.67. The van der Waals surface area contributed by atoms with E-state index in [4.69, 9.17) is 4.74 Å². The van der Waals surface area contributed by atoms with Gasteiger partial charge in [-0.25, -0.2) is 0 Å². The van der Waals surface area contributed by atoms with Crippen LogP contribution in [-0.2, 0) is 6.18 Å². The standard InChI is InChI=1S/C19H14F3N3O2/c1-12-5-10-17(25-24-12)27-16-8-6-15(7-9-16)23-18(26)13-3-2-4-14(11-13)19(20,21)22/h2-11H,1H3,(H,23,26). The summed E-state index contributed by atoms with van der Waals surface area (Å²) in [4.78, 5) is 12.2. The van der Waals surface area contributed by atoms with Gasteiger partial charge in [-0.3, -0.25) is 4.79 Å². The van der Waals surface area contributed by atoms with E-state index in [1.165, 1.54) is 12.1 Å². The van der Waals surface area contributed by atoms with Gasteiger partial charge >= 0.3 is 6.18 Å². The van der Waals surface area contributed by atoms with Crippen LogP contribution in [0.1, 0.15) is 21.6 Å². The zero-order valence-corrected chi connectivity index (χ0v) is 14.1. The van der Waals surface area contributed by atoms with Gasteiger partial charge in [0.25, 0.3) is 5.91 Å². The Kier molecular flexibility index (Phi) is 5.07. The second-order valence-electron chi connectivity index (χ2n) is 5.67. The predicted octanol–water partition coefficient (Wildman–Crippen LogP) is 4.85. The van der Waals surface area contributed by atoms with E-state index in [0.29, 0.717) is 17.3 Å². The Morgan fingerprint density at radius 3 is 2.37 bits per heavy atom. The van der Waals surface area contributed by atoms with Crippen molar-refractivity contribution in [1.29, 1.82) is 0 Å². The average Bonchev–Trinajstić information content (AvgIpc) is 2.64. The van der Waals surface area contributed by atoms with Crippen molar-refractivity contribution in [3.8, 4) is 11.6 Å². The Labute approximate surface area is 152 Å². The fourth-order valence-electron chi connectivity index (χ4n) is 2.21. The number of alkyl halides is 3. The maximum absolute atomic E-state index is 12.7. The molecule has 2 aromatic carbocycles. The van der Waals surface area contributed by atoms with Gasteiger partial charge in [-0.2, -0.15) is 18.3 Å². The van der Waals surface area contributed by atoms with Crippen LogP contribution in [0.15, 0.2) is 60.7 Å². The second kappa shape index (κ2) is 7.45. The van der Waals surface area contributed by atoms with Crippen LogP contribution >= 0.6 is 0 Å². The van der Waals surface area contributed by atoms with Gasteiger partial charge < -0.3 is 10.1 Å². The van der Waals surface area contributed by atoms with E-state index in [-0.39, 0.29) is 5.56 Å². The number of hydrogen-bond donors (Lipinski definition) is 1. The minimum atomic E-state index is -4.51. The summed E-state index contributed by atoms with van der Waals surface area (Å²) >= 11 is 0. The Bertz CT molecular complexity index is 940. The number of amides is 1. The van der Waals surface area contributed by atoms with Crippen molar-refractivity contribution < 1.29 is 22.7 Å². The maximum atomic E-state index is 12.7. The first-order valence-corrected chi connectivity index (χ1v) is 7.88. The molecule has 0 bridgehead atoms. The molecular weight excluding hydrogens is 359 g/mol. The summed E-state index contributed by atoms with van der Waals surface area (Å²) in [7, 11) is 0. The van der Waals surface area contributed by atoms with Crippen LogP contribution in [0.3, 0.4) is 0 Å². The number of hydrogen-bond acceptors (Lipinski definition) is 4. The van der Waals surface area contributed by atoms with Gasteiger partial charge in [-0.15, -0.1) is 5.10 Å². The second-order valence-corrected chi connectivity index (χ2v) is 5.67. The molecule has 138 valence electrons. The topological polar surface area (TPSA) is 64.1 Å². The number of rotatable bonds is 4. The maximum Gasteiger partial charge on any atom is 0.416 e. The SMILES string of the molecule is Cc1ccc(Oc2ccc(NC(=O)c3cccc(C(F)(F)F)c3)cc2)nn1. The molecule has 8 heteroatoms. The third kappa shape index (κ3) is 4.81. The van der Waals surface area contributed by atoms with Crippen LogP contribution in [0.4, 0.5) is 18.9 Å². The molecular formula is C19H14F3N3O2. The minimum absolute atomic E-state index is 0.0833. The van der Waals surface area contributed by atoms with Gasteiger partial charge in [0.1, 0.15) is 5.75 Å². The summed E-state index contributed by atoms with van der Waals surface area (Å²) in [6, 6.07) is 14.0. The third-order valence-electron chi connectivity index (χ3n) is 3.56. The normalized spacial score (nSPS) is 11.1. The zero-order chi connectivity index (χ0) is 19.4. The van der Waals surface area contributed by atoms with Crippen molar-refractivity contribution >= 4 is 11.6 Å².